The van der Waals surface area contributed by atoms with Crippen LogP contribution in [0.1, 0.15) is 0 Å². The lowest BCUT2D eigenvalue weighted by Crippen LogP contribution is -2.06. The summed E-state index contributed by atoms with van der Waals surface area (Å²) in [5, 5.41) is 6.01. The normalized spacial score (nSPS) is 9.87. The van der Waals surface area contributed by atoms with Gasteiger partial charge in [-0.05, 0) is 17.5 Å². The van der Waals surface area contributed by atoms with E-state index in [0.717, 1.165) is 10.8 Å². The van der Waals surface area contributed by atoms with E-state index in [4.69, 9.17) is 0 Å². The summed E-state index contributed by atoms with van der Waals surface area (Å²) in [7, 11) is 0. The SMILES string of the molecule is C=CC(=O)[N]c1cccc2ccccc12. The van der Waals surface area contributed by atoms with Crippen molar-refractivity contribution in [3.8, 4) is 0 Å². The predicted molar refractivity (Wildman–Crippen MR) is 60.9 cm³/mol. The van der Waals surface area contributed by atoms with Crippen LogP contribution in [-0.2, 0) is 4.79 Å². The number of carbonyl (C=O) groups is 1. The van der Waals surface area contributed by atoms with E-state index in [2.05, 4.69) is 11.9 Å². The molecule has 1 radical (unpaired) electrons. The Labute approximate surface area is 88.2 Å². The van der Waals surface area contributed by atoms with Gasteiger partial charge in [0.05, 0.1) is 5.69 Å². The Morgan fingerprint density at radius 1 is 1.13 bits per heavy atom. The molecule has 2 rings (SSSR count). The fourth-order valence-corrected chi connectivity index (χ4v) is 1.47. The Kier molecular flexibility index (Phi) is 2.50. The number of fused-ring (bicyclic) bond motifs is 1. The van der Waals surface area contributed by atoms with Gasteiger partial charge in [-0.1, -0.05) is 43.0 Å². The van der Waals surface area contributed by atoms with Crippen molar-refractivity contribution in [3.63, 3.8) is 0 Å². The van der Waals surface area contributed by atoms with E-state index >= 15 is 0 Å². The van der Waals surface area contributed by atoms with Gasteiger partial charge in [-0.2, -0.15) is 0 Å². The largest absolute Gasteiger partial charge is 0.269 e. The van der Waals surface area contributed by atoms with E-state index in [1.54, 1.807) is 0 Å². The highest BCUT2D eigenvalue weighted by Gasteiger charge is 2.03. The Morgan fingerprint density at radius 3 is 2.67 bits per heavy atom. The Bertz CT molecular complexity index is 511. The molecule has 0 aliphatic carbocycles. The molecule has 2 nitrogen and oxygen atoms in total. The van der Waals surface area contributed by atoms with Crippen molar-refractivity contribution < 1.29 is 4.79 Å². The number of amides is 1. The summed E-state index contributed by atoms with van der Waals surface area (Å²) < 4.78 is 0. The summed E-state index contributed by atoms with van der Waals surface area (Å²) in [6.45, 7) is 3.39. The molecule has 2 heteroatoms. The summed E-state index contributed by atoms with van der Waals surface area (Å²) in [6.07, 6.45) is 1.21. The quantitative estimate of drug-likeness (QED) is 0.679. The standard InChI is InChI=1S/C13H10NO/c1-2-13(15)14-12-9-5-7-10-6-3-4-8-11(10)12/h2-9H,1H2. The lowest BCUT2D eigenvalue weighted by Gasteiger charge is -2.03. The third kappa shape index (κ3) is 1.89. The van der Waals surface area contributed by atoms with E-state index in [9.17, 15) is 4.79 Å². The monoisotopic (exact) mass is 196 g/mol. The van der Waals surface area contributed by atoms with Gasteiger partial charge in [0.25, 0.3) is 5.91 Å². The van der Waals surface area contributed by atoms with Gasteiger partial charge in [-0.3, -0.25) is 4.79 Å². The van der Waals surface area contributed by atoms with E-state index in [0.29, 0.717) is 5.69 Å². The highest BCUT2D eigenvalue weighted by Crippen LogP contribution is 2.22. The van der Waals surface area contributed by atoms with Crippen LogP contribution in [0.15, 0.2) is 55.1 Å². The van der Waals surface area contributed by atoms with Crippen molar-refractivity contribution in [2.45, 2.75) is 0 Å². The van der Waals surface area contributed by atoms with Crippen LogP contribution >= 0.6 is 0 Å². The summed E-state index contributed by atoms with van der Waals surface area (Å²) in [5.74, 6) is -0.314. The van der Waals surface area contributed by atoms with Gasteiger partial charge in [0, 0.05) is 5.39 Å². The fourth-order valence-electron chi connectivity index (χ4n) is 1.47. The van der Waals surface area contributed by atoms with Crippen LogP contribution in [0.5, 0.6) is 0 Å². The second-order valence-corrected chi connectivity index (χ2v) is 3.15. The van der Waals surface area contributed by atoms with Crippen LogP contribution in [0.4, 0.5) is 5.69 Å². The minimum absolute atomic E-state index is 0.314. The first kappa shape index (κ1) is 9.46. The van der Waals surface area contributed by atoms with Crippen LogP contribution in [0.25, 0.3) is 10.8 Å². The van der Waals surface area contributed by atoms with Gasteiger partial charge in [0.1, 0.15) is 0 Å². The van der Waals surface area contributed by atoms with Gasteiger partial charge in [-0.15, -0.1) is 0 Å². The van der Waals surface area contributed by atoms with Crippen molar-refractivity contribution in [3.05, 3.63) is 55.1 Å². The molecule has 0 N–H and O–H groups in total. The summed E-state index contributed by atoms with van der Waals surface area (Å²) in [4.78, 5) is 11.1. The van der Waals surface area contributed by atoms with E-state index in [1.165, 1.54) is 6.08 Å². The molecule has 0 aliphatic heterocycles. The van der Waals surface area contributed by atoms with Gasteiger partial charge in [0.2, 0.25) is 0 Å². The lowest BCUT2D eigenvalue weighted by molar-refractivity contribution is -0.115. The van der Waals surface area contributed by atoms with Crippen molar-refractivity contribution in [2.75, 3.05) is 0 Å². The molecule has 2 aromatic carbocycles. The average Bonchev–Trinajstić information content (AvgIpc) is 2.29. The molecule has 0 heterocycles. The maximum absolute atomic E-state index is 11.1. The summed E-state index contributed by atoms with van der Waals surface area (Å²) in [6, 6.07) is 13.5. The van der Waals surface area contributed by atoms with E-state index < -0.39 is 0 Å². The molecule has 0 unspecified atom stereocenters. The molecule has 2 aromatic rings. The molecule has 0 aromatic heterocycles. The van der Waals surface area contributed by atoms with Crippen molar-refractivity contribution in [2.24, 2.45) is 0 Å². The third-order valence-corrected chi connectivity index (χ3v) is 2.17. The number of rotatable bonds is 2. The molecule has 15 heavy (non-hydrogen) atoms. The Morgan fingerprint density at radius 2 is 1.87 bits per heavy atom. The first-order chi connectivity index (χ1) is 7.31. The predicted octanol–water partition coefficient (Wildman–Crippen LogP) is 2.79. The van der Waals surface area contributed by atoms with Crippen LogP contribution < -0.4 is 5.32 Å². The number of carbonyl (C=O) groups excluding carboxylic acids is 1. The summed E-state index contributed by atoms with van der Waals surface area (Å²) >= 11 is 0. The second kappa shape index (κ2) is 3.96. The van der Waals surface area contributed by atoms with E-state index in [1.807, 2.05) is 42.5 Å². The number of benzene rings is 2. The van der Waals surface area contributed by atoms with Crippen LogP contribution in [0.2, 0.25) is 0 Å². The van der Waals surface area contributed by atoms with Gasteiger partial charge in [0.15, 0.2) is 0 Å². The molecule has 0 saturated carbocycles. The zero-order valence-electron chi connectivity index (χ0n) is 8.18. The zero-order chi connectivity index (χ0) is 10.7. The first-order valence-electron chi connectivity index (χ1n) is 4.67. The van der Waals surface area contributed by atoms with E-state index in [-0.39, 0.29) is 5.91 Å². The molecule has 0 saturated heterocycles. The minimum Gasteiger partial charge on any atom is -0.267 e. The van der Waals surface area contributed by atoms with Gasteiger partial charge in [-0.25, -0.2) is 5.32 Å². The molecule has 73 valence electrons. The number of nitrogens with zero attached hydrogens (tertiary/aromatic N) is 1. The number of hydrogen-bond acceptors (Lipinski definition) is 1. The van der Waals surface area contributed by atoms with Crippen molar-refractivity contribution in [1.29, 1.82) is 0 Å². The van der Waals surface area contributed by atoms with Crippen LogP contribution in [0.3, 0.4) is 0 Å². The molecular formula is C13H10NO. The Hall–Kier alpha value is -2.09. The lowest BCUT2D eigenvalue weighted by atomic mass is 10.1. The average molecular weight is 196 g/mol. The fraction of sp³-hybridized carbons (Fsp3) is 0. The molecule has 0 fully saturated rings. The topological polar surface area (TPSA) is 31.2 Å². The minimum atomic E-state index is -0.314. The number of hydrogen-bond donors (Lipinski definition) is 0. The molecule has 0 spiro atoms. The smallest absolute Gasteiger partial charge is 0.267 e. The highest BCUT2D eigenvalue weighted by atomic mass is 16.1. The molecule has 0 aliphatic rings. The molecule has 0 atom stereocenters. The zero-order valence-corrected chi connectivity index (χ0v) is 8.18. The highest BCUT2D eigenvalue weighted by molar-refractivity contribution is 5.99. The molecule has 1 amide bonds. The third-order valence-electron chi connectivity index (χ3n) is 2.17. The van der Waals surface area contributed by atoms with Crippen LogP contribution in [-0.4, -0.2) is 5.91 Å². The summed E-state index contributed by atoms with van der Waals surface area (Å²) in [5.41, 5.74) is 0.693. The van der Waals surface area contributed by atoms with Crippen molar-refractivity contribution >= 4 is 22.4 Å². The molecular weight excluding hydrogens is 186 g/mol. The van der Waals surface area contributed by atoms with Crippen LogP contribution in [0, 0.1) is 0 Å². The van der Waals surface area contributed by atoms with Crippen molar-refractivity contribution in [1.82, 2.24) is 5.32 Å². The second-order valence-electron chi connectivity index (χ2n) is 3.15. The maximum atomic E-state index is 11.1. The first-order valence-corrected chi connectivity index (χ1v) is 4.67. The maximum Gasteiger partial charge on any atom is 0.269 e. The Balaban J connectivity index is 2.51. The molecule has 0 bridgehead atoms. The van der Waals surface area contributed by atoms with Gasteiger partial charge < -0.3 is 0 Å². The van der Waals surface area contributed by atoms with Gasteiger partial charge >= 0.3 is 0 Å².